The first kappa shape index (κ1) is 19.0. The summed E-state index contributed by atoms with van der Waals surface area (Å²) in [5.74, 6) is -0.198. The Balaban J connectivity index is 1.78. The number of halogens is 2. The third-order valence-electron chi connectivity index (χ3n) is 4.91. The first-order chi connectivity index (χ1) is 11.9. The van der Waals surface area contributed by atoms with Crippen molar-refractivity contribution >= 4 is 39.1 Å². The minimum atomic E-state index is -3.77. The number of hydrogen-bond donors (Lipinski definition) is 0. The Hall–Kier alpha value is -0.820. The lowest BCUT2D eigenvalue weighted by atomic mass is 9.97. The summed E-state index contributed by atoms with van der Waals surface area (Å²) in [5.41, 5.74) is 0. The first-order valence-electron chi connectivity index (χ1n) is 8.63. The highest BCUT2D eigenvalue weighted by Gasteiger charge is 2.36. The van der Waals surface area contributed by atoms with E-state index in [-0.39, 0.29) is 28.3 Å². The van der Waals surface area contributed by atoms with Crippen LogP contribution >= 0.6 is 23.2 Å². The lowest BCUT2D eigenvalue weighted by Crippen LogP contribution is -2.47. The van der Waals surface area contributed by atoms with E-state index in [9.17, 15) is 13.2 Å². The van der Waals surface area contributed by atoms with Gasteiger partial charge in [0.2, 0.25) is 15.9 Å². The van der Waals surface area contributed by atoms with Gasteiger partial charge in [-0.2, -0.15) is 4.31 Å². The summed E-state index contributed by atoms with van der Waals surface area (Å²) in [6, 6.07) is 4.41. The third-order valence-corrected chi connectivity index (χ3v) is 7.49. The molecular formula is C17H22Cl2N2O3S. The van der Waals surface area contributed by atoms with E-state index in [2.05, 4.69) is 0 Å². The van der Waals surface area contributed by atoms with Gasteiger partial charge in [0.15, 0.2) is 0 Å². The smallest absolute Gasteiger partial charge is 0.244 e. The van der Waals surface area contributed by atoms with Crippen molar-refractivity contribution in [2.75, 3.05) is 26.2 Å². The van der Waals surface area contributed by atoms with Gasteiger partial charge < -0.3 is 4.90 Å². The fourth-order valence-corrected chi connectivity index (χ4v) is 5.81. The van der Waals surface area contributed by atoms with Crippen molar-refractivity contribution in [3.8, 4) is 0 Å². The van der Waals surface area contributed by atoms with Crippen LogP contribution in [0.5, 0.6) is 0 Å². The highest BCUT2D eigenvalue weighted by atomic mass is 35.5. The molecule has 2 heterocycles. The van der Waals surface area contributed by atoms with Crippen LogP contribution in [0.2, 0.25) is 10.0 Å². The Kier molecular flexibility index (Phi) is 5.93. The van der Waals surface area contributed by atoms with Gasteiger partial charge in [-0.05, 0) is 50.3 Å². The van der Waals surface area contributed by atoms with Crippen LogP contribution in [0.15, 0.2) is 23.1 Å². The fraction of sp³-hybridized carbons (Fsp3) is 0.588. The van der Waals surface area contributed by atoms with E-state index in [0.717, 1.165) is 38.8 Å². The van der Waals surface area contributed by atoms with Crippen molar-refractivity contribution in [1.29, 1.82) is 0 Å². The number of rotatable bonds is 3. The van der Waals surface area contributed by atoms with Gasteiger partial charge in [0, 0.05) is 31.2 Å². The first-order valence-corrected chi connectivity index (χ1v) is 10.8. The number of carbonyl (C=O) groups excluding carboxylic acids is 1. The molecule has 0 spiro atoms. The normalized spacial score (nSPS) is 22.8. The molecule has 2 aliphatic heterocycles. The molecule has 2 aliphatic rings. The maximum absolute atomic E-state index is 13.0. The molecular weight excluding hydrogens is 383 g/mol. The van der Waals surface area contributed by atoms with Crippen LogP contribution in [-0.4, -0.2) is 49.7 Å². The molecule has 0 bridgehead atoms. The molecule has 1 aromatic carbocycles. The zero-order valence-corrected chi connectivity index (χ0v) is 16.3. The Morgan fingerprint density at radius 3 is 2.48 bits per heavy atom. The van der Waals surface area contributed by atoms with Crippen LogP contribution in [0.1, 0.15) is 32.1 Å². The van der Waals surface area contributed by atoms with Gasteiger partial charge >= 0.3 is 0 Å². The number of amides is 1. The fourth-order valence-electron chi connectivity index (χ4n) is 3.55. The largest absolute Gasteiger partial charge is 0.342 e. The number of hydrogen-bond acceptors (Lipinski definition) is 3. The molecule has 8 heteroatoms. The van der Waals surface area contributed by atoms with Crippen LogP contribution in [-0.2, 0) is 14.8 Å². The number of piperidine rings is 2. The molecule has 0 saturated carbocycles. The van der Waals surface area contributed by atoms with E-state index >= 15 is 0 Å². The number of sulfonamides is 1. The van der Waals surface area contributed by atoms with E-state index in [1.54, 1.807) is 6.07 Å². The second-order valence-electron chi connectivity index (χ2n) is 6.66. The highest BCUT2D eigenvalue weighted by Crippen LogP contribution is 2.31. The second-order valence-corrected chi connectivity index (χ2v) is 9.41. The summed E-state index contributed by atoms with van der Waals surface area (Å²) in [5, 5.41) is 0.467. The zero-order chi connectivity index (χ0) is 18.0. The van der Waals surface area contributed by atoms with Crippen molar-refractivity contribution in [1.82, 2.24) is 9.21 Å². The molecule has 0 unspecified atom stereocenters. The molecule has 1 amide bonds. The standard InChI is InChI=1S/C17H22Cl2N2O3S/c18-14-6-7-15(19)16(11-14)25(23,24)21-10-4-5-13(12-21)17(22)20-8-2-1-3-9-20/h6-7,11,13H,1-5,8-10,12H2/t13-/m0/s1. The maximum atomic E-state index is 13.0. The lowest BCUT2D eigenvalue weighted by Gasteiger charge is -2.35. The lowest BCUT2D eigenvalue weighted by molar-refractivity contribution is -0.137. The molecule has 0 aromatic heterocycles. The molecule has 0 N–H and O–H groups in total. The Morgan fingerprint density at radius 1 is 1.04 bits per heavy atom. The van der Waals surface area contributed by atoms with E-state index in [0.29, 0.717) is 18.0 Å². The summed E-state index contributed by atoms with van der Waals surface area (Å²) in [7, 11) is -3.77. The van der Waals surface area contributed by atoms with Crippen molar-refractivity contribution in [3.05, 3.63) is 28.2 Å². The second kappa shape index (κ2) is 7.82. The van der Waals surface area contributed by atoms with Gasteiger partial charge in [-0.25, -0.2) is 8.42 Å². The van der Waals surface area contributed by atoms with E-state index < -0.39 is 10.0 Å². The van der Waals surface area contributed by atoms with Gasteiger partial charge in [-0.3, -0.25) is 4.79 Å². The Morgan fingerprint density at radius 2 is 1.76 bits per heavy atom. The predicted molar refractivity (Wildman–Crippen MR) is 98.4 cm³/mol. The van der Waals surface area contributed by atoms with Crippen LogP contribution in [0.3, 0.4) is 0 Å². The average Bonchev–Trinajstić information content (AvgIpc) is 2.64. The van der Waals surface area contributed by atoms with Crippen molar-refractivity contribution in [2.45, 2.75) is 37.0 Å². The van der Waals surface area contributed by atoms with Gasteiger partial charge in [-0.15, -0.1) is 0 Å². The molecule has 2 fully saturated rings. The van der Waals surface area contributed by atoms with Crippen molar-refractivity contribution in [3.63, 3.8) is 0 Å². The average molecular weight is 405 g/mol. The molecule has 0 aliphatic carbocycles. The van der Waals surface area contributed by atoms with E-state index in [4.69, 9.17) is 23.2 Å². The van der Waals surface area contributed by atoms with Crippen LogP contribution in [0.25, 0.3) is 0 Å². The molecule has 1 aromatic rings. The molecule has 1 atom stereocenters. The van der Waals surface area contributed by atoms with Crippen LogP contribution < -0.4 is 0 Å². The summed E-state index contributed by atoms with van der Waals surface area (Å²) < 4.78 is 27.3. The number of nitrogens with zero attached hydrogens (tertiary/aromatic N) is 2. The summed E-state index contributed by atoms with van der Waals surface area (Å²) in [6.45, 7) is 2.17. The van der Waals surface area contributed by atoms with Gasteiger partial charge in [0.25, 0.3) is 0 Å². The summed E-state index contributed by atoms with van der Waals surface area (Å²) in [4.78, 5) is 14.6. The van der Waals surface area contributed by atoms with Crippen LogP contribution in [0, 0.1) is 5.92 Å². The molecule has 3 rings (SSSR count). The monoisotopic (exact) mass is 404 g/mol. The predicted octanol–water partition coefficient (Wildman–Crippen LogP) is 3.41. The van der Waals surface area contributed by atoms with E-state index in [1.165, 1.54) is 16.4 Å². The number of likely N-dealkylation sites (tertiary alicyclic amines) is 1. The van der Waals surface area contributed by atoms with Gasteiger partial charge in [-0.1, -0.05) is 23.2 Å². The number of benzene rings is 1. The minimum absolute atomic E-state index is 0.00716. The molecule has 138 valence electrons. The van der Waals surface area contributed by atoms with Crippen LogP contribution in [0.4, 0.5) is 0 Å². The number of carbonyl (C=O) groups is 1. The van der Waals surface area contributed by atoms with E-state index in [1.807, 2.05) is 4.90 Å². The van der Waals surface area contributed by atoms with Crippen molar-refractivity contribution < 1.29 is 13.2 Å². The molecule has 25 heavy (non-hydrogen) atoms. The molecule has 5 nitrogen and oxygen atoms in total. The van der Waals surface area contributed by atoms with Gasteiger partial charge in [0.1, 0.15) is 4.90 Å². The Labute approximate surface area is 158 Å². The summed E-state index contributed by atoms with van der Waals surface area (Å²) >= 11 is 12.0. The molecule has 0 radical (unpaired) electrons. The third kappa shape index (κ3) is 4.13. The highest BCUT2D eigenvalue weighted by molar-refractivity contribution is 7.89. The maximum Gasteiger partial charge on any atom is 0.244 e. The van der Waals surface area contributed by atoms with Crippen molar-refractivity contribution in [2.24, 2.45) is 5.92 Å². The van der Waals surface area contributed by atoms with Gasteiger partial charge in [0.05, 0.1) is 10.9 Å². The SMILES string of the molecule is O=C([C@H]1CCCN(S(=O)(=O)c2cc(Cl)ccc2Cl)C1)N1CCCCC1. The minimum Gasteiger partial charge on any atom is -0.342 e. The zero-order valence-electron chi connectivity index (χ0n) is 14.0. The Bertz CT molecular complexity index is 748. The quantitative estimate of drug-likeness (QED) is 0.775. The topological polar surface area (TPSA) is 57.7 Å². The summed E-state index contributed by atoms with van der Waals surface area (Å²) in [6.07, 6.45) is 4.60. The molecule has 2 saturated heterocycles.